The van der Waals surface area contributed by atoms with Crippen LogP contribution in [-0.4, -0.2) is 60.6 Å². The van der Waals surface area contributed by atoms with Gasteiger partial charge in [-0.1, -0.05) is 6.07 Å². The van der Waals surface area contributed by atoms with Crippen molar-refractivity contribution in [3.63, 3.8) is 0 Å². The normalized spacial score (nSPS) is 24.0. The van der Waals surface area contributed by atoms with Gasteiger partial charge in [0.05, 0.1) is 19.1 Å². The van der Waals surface area contributed by atoms with Crippen molar-refractivity contribution in [1.82, 2.24) is 15.2 Å². The lowest BCUT2D eigenvalue weighted by Gasteiger charge is -2.33. The lowest BCUT2D eigenvalue weighted by molar-refractivity contribution is -0.135. The number of rotatable bonds is 4. The highest BCUT2D eigenvalue weighted by atomic mass is 16.5. The van der Waals surface area contributed by atoms with Crippen molar-refractivity contribution < 1.29 is 14.3 Å². The number of amides is 2. The average molecular weight is 346 g/mol. The second-order valence-corrected chi connectivity index (χ2v) is 6.76. The topological polar surface area (TPSA) is 83.6 Å². The van der Waals surface area contributed by atoms with E-state index in [0.29, 0.717) is 32.0 Å². The molecule has 25 heavy (non-hydrogen) atoms. The first-order valence-corrected chi connectivity index (χ1v) is 8.95. The van der Waals surface area contributed by atoms with Gasteiger partial charge in [-0.15, -0.1) is 0 Å². The number of likely N-dealkylation sites (tertiary alicyclic amines) is 1. The van der Waals surface area contributed by atoms with Gasteiger partial charge in [0.25, 0.3) is 0 Å². The first kappa shape index (κ1) is 17.8. The number of nitrogens with one attached hydrogen (secondary N) is 2. The maximum absolute atomic E-state index is 12.5. The van der Waals surface area contributed by atoms with Gasteiger partial charge in [-0.3, -0.25) is 9.59 Å². The molecule has 2 unspecified atom stereocenters. The number of morpholine rings is 1. The number of aromatic nitrogens is 1. The Morgan fingerprint density at radius 3 is 3.08 bits per heavy atom. The third-order valence-electron chi connectivity index (χ3n) is 4.70. The van der Waals surface area contributed by atoms with Crippen LogP contribution in [0.25, 0.3) is 0 Å². The Morgan fingerprint density at radius 1 is 1.44 bits per heavy atom. The molecule has 0 saturated carbocycles. The van der Waals surface area contributed by atoms with Crippen LogP contribution in [0.5, 0.6) is 0 Å². The number of ether oxygens (including phenoxy) is 1. The molecule has 1 aromatic heterocycles. The van der Waals surface area contributed by atoms with Crippen molar-refractivity contribution in [3.8, 4) is 0 Å². The van der Waals surface area contributed by atoms with Crippen LogP contribution in [0.3, 0.4) is 0 Å². The van der Waals surface area contributed by atoms with Gasteiger partial charge in [0.1, 0.15) is 5.82 Å². The molecule has 0 bridgehead atoms. The molecule has 2 fully saturated rings. The predicted molar refractivity (Wildman–Crippen MR) is 94.1 cm³/mol. The molecule has 2 saturated heterocycles. The second kappa shape index (κ2) is 8.40. The summed E-state index contributed by atoms with van der Waals surface area (Å²) in [7, 11) is 0. The Labute approximate surface area is 148 Å². The van der Waals surface area contributed by atoms with E-state index in [9.17, 15) is 9.59 Å². The monoisotopic (exact) mass is 346 g/mol. The molecule has 2 aliphatic rings. The van der Waals surface area contributed by atoms with Gasteiger partial charge in [-0.05, 0) is 31.9 Å². The minimum absolute atomic E-state index is 0.0604. The standard InChI is InChI=1S/C18H26N4O3/c1-13-4-2-6-16(20-13)21-18(24)14-5-3-8-22(11-14)17(23)10-15-12-25-9-7-19-15/h2,4,6,14-15,19H,3,5,7-12H2,1H3,(H,20,21,24). The SMILES string of the molecule is Cc1cccc(NC(=O)C2CCCN(C(=O)CC3COCCN3)C2)n1. The van der Waals surface area contributed by atoms with Gasteiger partial charge in [0.2, 0.25) is 11.8 Å². The van der Waals surface area contributed by atoms with E-state index in [4.69, 9.17) is 4.74 Å². The molecule has 7 nitrogen and oxygen atoms in total. The summed E-state index contributed by atoms with van der Waals surface area (Å²) in [4.78, 5) is 31.2. The summed E-state index contributed by atoms with van der Waals surface area (Å²) < 4.78 is 5.40. The minimum Gasteiger partial charge on any atom is -0.378 e. The number of carbonyl (C=O) groups excluding carboxylic acids is 2. The van der Waals surface area contributed by atoms with Gasteiger partial charge in [0, 0.05) is 37.8 Å². The molecule has 3 rings (SSSR count). The zero-order chi connectivity index (χ0) is 17.6. The lowest BCUT2D eigenvalue weighted by atomic mass is 9.96. The Kier molecular flexibility index (Phi) is 5.99. The number of piperidine rings is 1. The largest absolute Gasteiger partial charge is 0.378 e. The van der Waals surface area contributed by atoms with Crippen molar-refractivity contribution >= 4 is 17.6 Å². The maximum Gasteiger partial charge on any atom is 0.230 e. The fourth-order valence-electron chi connectivity index (χ4n) is 3.35. The maximum atomic E-state index is 12.5. The molecule has 7 heteroatoms. The van der Waals surface area contributed by atoms with Gasteiger partial charge in [0.15, 0.2) is 0 Å². The highest BCUT2D eigenvalue weighted by Gasteiger charge is 2.30. The molecular formula is C18H26N4O3. The quantitative estimate of drug-likeness (QED) is 0.848. The van der Waals surface area contributed by atoms with E-state index in [-0.39, 0.29) is 23.8 Å². The fourth-order valence-corrected chi connectivity index (χ4v) is 3.35. The smallest absolute Gasteiger partial charge is 0.230 e. The van der Waals surface area contributed by atoms with E-state index in [1.54, 1.807) is 6.07 Å². The minimum atomic E-state index is -0.185. The summed E-state index contributed by atoms with van der Waals surface area (Å²) in [5, 5.41) is 6.17. The van der Waals surface area contributed by atoms with Crippen molar-refractivity contribution in [2.24, 2.45) is 5.92 Å². The summed E-state index contributed by atoms with van der Waals surface area (Å²) in [5.41, 5.74) is 0.862. The molecule has 2 N–H and O–H groups in total. The molecule has 136 valence electrons. The van der Waals surface area contributed by atoms with Gasteiger partial charge < -0.3 is 20.3 Å². The van der Waals surface area contributed by atoms with Gasteiger partial charge in [-0.2, -0.15) is 0 Å². The summed E-state index contributed by atoms with van der Waals surface area (Å²) in [6, 6.07) is 5.62. The Morgan fingerprint density at radius 2 is 2.32 bits per heavy atom. The number of nitrogens with zero attached hydrogens (tertiary/aromatic N) is 2. The number of hydrogen-bond acceptors (Lipinski definition) is 5. The zero-order valence-electron chi connectivity index (χ0n) is 14.7. The Bertz CT molecular complexity index is 616. The van der Waals surface area contributed by atoms with Crippen LogP contribution in [0.15, 0.2) is 18.2 Å². The van der Waals surface area contributed by atoms with Gasteiger partial charge >= 0.3 is 0 Å². The number of anilines is 1. The van der Waals surface area contributed by atoms with E-state index in [2.05, 4.69) is 15.6 Å². The Hall–Kier alpha value is -1.99. The van der Waals surface area contributed by atoms with Crippen molar-refractivity contribution in [3.05, 3.63) is 23.9 Å². The molecular weight excluding hydrogens is 320 g/mol. The van der Waals surface area contributed by atoms with Crippen LogP contribution < -0.4 is 10.6 Å². The van der Waals surface area contributed by atoms with Crippen LogP contribution in [0.2, 0.25) is 0 Å². The van der Waals surface area contributed by atoms with Crippen LogP contribution in [0.1, 0.15) is 25.0 Å². The van der Waals surface area contributed by atoms with Gasteiger partial charge in [-0.25, -0.2) is 4.98 Å². The molecule has 2 atom stereocenters. The van der Waals surface area contributed by atoms with E-state index in [0.717, 1.165) is 31.6 Å². The molecule has 0 spiro atoms. The van der Waals surface area contributed by atoms with Crippen LogP contribution in [0.4, 0.5) is 5.82 Å². The molecule has 2 aliphatic heterocycles. The van der Waals surface area contributed by atoms with Crippen molar-refractivity contribution in [2.45, 2.75) is 32.2 Å². The summed E-state index contributed by atoms with van der Waals surface area (Å²) in [6.45, 7) is 5.14. The van der Waals surface area contributed by atoms with Crippen molar-refractivity contribution in [2.75, 3.05) is 38.2 Å². The second-order valence-electron chi connectivity index (χ2n) is 6.76. The summed E-state index contributed by atoms with van der Waals surface area (Å²) in [6.07, 6.45) is 2.07. The molecule has 3 heterocycles. The zero-order valence-corrected chi connectivity index (χ0v) is 14.7. The number of hydrogen-bond donors (Lipinski definition) is 2. The van der Waals surface area contributed by atoms with Crippen LogP contribution >= 0.6 is 0 Å². The first-order valence-electron chi connectivity index (χ1n) is 8.95. The highest BCUT2D eigenvalue weighted by molar-refractivity contribution is 5.92. The number of pyridine rings is 1. The summed E-state index contributed by atoms with van der Waals surface area (Å²) >= 11 is 0. The highest BCUT2D eigenvalue weighted by Crippen LogP contribution is 2.19. The third kappa shape index (κ3) is 4.99. The summed E-state index contributed by atoms with van der Waals surface area (Å²) in [5.74, 6) is 0.413. The third-order valence-corrected chi connectivity index (χ3v) is 4.70. The molecule has 2 amide bonds. The van der Waals surface area contributed by atoms with E-state index in [1.807, 2.05) is 24.0 Å². The average Bonchev–Trinajstić information content (AvgIpc) is 2.62. The van der Waals surface area contributed by atoms with Crippen LogP contribution in [-0.2, 0) is 14.3 Å². The molecule has 0 radical (unpaired) electrons. The van der Waals surface area contributed by atoms with Crippen molar-refractivity contribution in [1.29, 1.82) is 0 Å². The number of carbonyl (C=O) groups is 2. The first-order chi connectivity index (χ1) is 12.1. The Balaban J connectivity index is 1.53. The van der Waals surface area contributed by atoms with E-state index >= 15 is 0 Å². The number of aryl methyl sites for hydroxylation is 1. The predicted octanol–water partition coefficient (Wildman–Crippen LogP) is 0.946. The molecule has 0 aromatic carbocycles. The van der Waals surface area contributed by atoms with E-state index < -0.39 is 0 Å². The van der Waals surface area contributed by atoms with E-state index in [1.165, 1.54) is 0 Å². The fraction of sp³-hybridized carbons (Fsp3) is 0.611. The molecule has 1 aromatic rings. The molecule has 0 aliphatic carbocycles. The van der Waals surface area contributed by atoms with Crippen LogP contribution in [0, 0.1) is 12.8 Å². The lowest BCUT2D eigenvalue weighted by Crippen LogP contribution is -2.48.